The SMILES string of the molecule is CC(=O)c1ccc(N2CCN(c3nnc(-n4nc(C)cc4C)c4ccccc34)CC2)cc1. The molecule has 162 valence electrons. The van der Waals surface area contributed by atoms with E-state index in [1.807, 2.05) is 61.0 Å². The van der Waals surface area contributed by atoms with E-state index in [0.717, 1.165) is 71.2 Å². The van der Waals surface area contributed by atoms with Crippen molar-refractivity contribution in [1.82, 2.24) is 20.0 Å². The molecule has 0 unspecified atom stereocenters. The number of ketones is 1. The minimum Gasteiger partial charge on any atom is -0.368 e. The van der Waals surface area contributed by atoms with Crippen LogP contribution in [0.3, 0.4) is 0 Å². The molecule has 0 bridgehead atoms. The lowest BCUT2D eigenvalue weighted by Gasteiger charge is -2.37. The highest BCUT2D eigenvalue weighted by atomic mass is 16.1. The van der Waals surface area contributed by atoms with Crippen molar-refractivity contribution in [2.24, 2.45) is 0 Å². The van der Waals surface area contributed by atoms with Gasteiger partial charge in [0.1, 0.15) is 0 Å². The Labute approximate surface area is 187 Å². The Morgan fingerprint density at radius 3 is 2.00 bits per heavy atom. The van der Waals surface area contributed by atoms with Gasteiger partial charge in [0.15, 0.2) is 17.4 Å². The molecule has 1 aliphatic rings. The van der Waals surface area contributed by atoms with E-state index in [2.05, 4.69) is 37.2 Å². The summed E-state index contributed by atoms with van der Waals surface area (Å²) < 4.78 is 1.87. The maximum absolute atomic E-state index is 11.5. The Kier molecular flexibility index (Phi) is 5.09. The largest absolute Gasteiger partial charge is 0.368 e. The summed E-state index contributed by atoms with van der Waals surface area (Å²) in [6, 6.07) is 18.2. The number of rotatable bonds is 4. The van der Waals surface area contributed by atoms with Crippen molar-refractivity contribution in [3.63, 3.8) is 0 Å². The number of anilines is 2. The monoisotopic (exact) mass is 426 g/mol. The van der Waals surface area contributed by atoms with Gasteiger partial charge in [-0.15, -0.1) is 10.2 Å². The lowest BCUT2D eigenvalue weighted by molar-refractivity contribution is 0.101. The van der Waals surface area contributed by atoms with Crippen LogP contribution in [0.5, 0.6) is 0 Å². The molecular weight excluding hydrogens is 400 g/mol. The Balaban J connectivity index is 1.41. The third-order valence-corrected chi connectivity index (χ3v) is 6.08. The number of aromatic nitrogens is 4. The van der Waals surface area contributed by atoms with E-state index in [9.17, 15) is 4.79 Å². The zero-order valence-electron chi connectivity index (χ0n) is 18.6. The fourth-order valence-corrected chi connectivity index (χ4v) is 4.39. The quantitative estimate of drug-likeness (QED) is 0.460. The van der Waals surface area contributed by atoms with Crippen LogP contribution in [0, 0.1) is 13.8 Å². The average Bonchev–Trinajstić information content (AvgIpc) is 3.16. The van der Waals surface area contributed by atoms with E-state index in [1.54, 1.807) is 6.92 Å². The number of benzene rings is 2. The van der Waals surface area contributed by atoms with Crippen molar-refractivity contribution in [2.45, 2.75) is 20.8 Å². The fraction of sp³-hybridized carbons (Fsp3) is 0.280. The number of aryl methyl sites for hydroxylation is 2. The molecule has 2 aromatic heterocycles. The molecule has 0 N–H and O–H groups in total. The second kappa shape index (κ2) is 8.07. The van der Waals surface area contributed by atoms with Gasteiger partial charge in [-0.25, -0.2) is 4.68 Å². The molecule has 0 amide bonds. The van der Waals surface area contributed by atoms with Crippen molar-refractivity contribution >= 4 is 28.1 Å². The minimum absolute atomic E-state index is 0.0933. The minimum atomic E-state index is 0.0933. The standard InChI is InChI=1S/C25H26N6O/c1-17-16-18(2)31(28-17)25-23-7-5-4-6-22(23)24(26-27-25)30-14-12-29(13-15-30)21-10-8-20(9-11-21)19(3)32/h4-11,16H,12-15H2,1-3H3. The maximum Gasteiger partial charge on any atom is 0.183 e. The molecule has 4 aromatic rings. The lowest BCUT2D eigenvalue weighted by Crippen LogP contribution is -2.47. The van der Waals surface area contributed by atoms with E-state index in [-0.39, 0.29) is 5.78 Å². The molecule has 0 atom stereocenters. The van der Waals surface area contributed by atoms with Crippen LogP contribution in [-0.4, -0.2) is 51.9 Å². The van der Waals surface area contributed by atoms with E-state index >= 15 is 0 Å². The van der Waals surface area contributed by atoms with E-state index in [1.165, 1.54) is 0 Å². The first kappa shape index (κ1) is 20.2. The lowest BCUT2D eigenvalue weighted by atomic mass is 10.1. The molecule has 2 aromatic carbocycles. The highest BCUT2D eigenvalue weighted by molar-refractivity contribution is 5.96. The summed E-state index contributed by atoms with van der Waals surface area (Å²) in [5, 5.41) is 16.0. The Morgan fingerprint density at radius 2 is 1.41 bits per heavy atom. The number of hydrogen-bond donors (Lipinski definition) is 0. The van der Waals surface area contributed by atoms with E-state index in [4.69, 9.17) is 0 Å². The van der Waals surface area contributed by atoms with Crippen molar-refractivity contribution in [1.29, 1.82) is 0 Å². The molecule has 1 saturated heterocycles. The second-order valence-electron chi connectivity index (χ2n) is 8.31. The second-order valence-corrected chi connectivity index (χ2v) is 8.31. The van der Waals surface area contributed by atoms with E-state index in [0.29, 0.717) is 0 Å². The van der Waals surface area contributed by atoms with Gasteiger partial charge in [0, 0.05) is 53.9 Å². The molecule has 7 nitrogen and oxygen atoms in total. The summed E-state index contributed by atoms with van der Waals surface area (Å²) in [5.74, 6) is 1.77. The topological polar surface area (TPSA) is 67.2 Å². The van der Waals surface area contributed by atoms with Gasteiger partial charge in [0.05, 0.1) is 5.69 Å². The molecule has 7 heteroatoms. The van der Waals surface area contributed by atoms with E-state index < -0.39 is 0 Å². The first-order chi connectivity index (χ1) is 15.5. The summed E-state index contributed by atoms with van der Waals surface area (Å²) in [7, 11) is 0. The fourth-order valence-electron chi connectivity index (χ4n) is 4.39. The summed E-state index contributed by atoms with van der Waals surface area (Å²) in [6.45, 7) is 9.09. The average molecular weight is 427 g/mol. The van der Waals surface area contributed by atoms with Crippen LogP contribution in [0.15, 0.2) is 54.6 Å². The zero-order chi connectivity index (χ0) is 22.2. The number of carbonyl (C=O) groups is 1. The number of carbonyl (C=O) groups excluding carboxylic acids is 1. The van der Waals surface area contributed by atoms with Gasteiger partial charge in [0.2, 0.25) is 0 Å². The van der Waals surface area contributed by atoms with Crippen molar-refractivity contribution in [3.05, 3.63) is 71.5 Å². The van der Waals surface area contributed by atoms with Crippen LogP contribution in [0.25, 0.3) is 16.6 Å². The summed E-state index contributed by atoms with van der Waals surface area (Å²) >= 11 is 0. The number of hydrogen-bond acceptors (Lipinski definition) is 6. The van der Waals surface area contributed by atoms with Gasteiger partial charge in [-0.2, -0.15) is 5.10 Å². The Morgan fingerprint density at radius 1 is 0.812 bits per heavy atom. The zero-order valence-corrected chi connectivity index (χ0v) is 18.6. The molecule has 32 heavy (non-hydrogen) atoms. The van der Waals surface area contributed by atoms with Crippen molar-refractivity contribution in [3.8, 4) is 5.82 Å². The number of Topliss-reactive ketones (excluding diaryl/α,β-unsaturated/α-hetero) is 1. The van der Waals surface area contributed by atoms with Crippen LogP contribution in [0.1, 0.15) is 28.7 Å². The molecule has 0 saturated carbocycles. The van der Waals surface area contributed by atoms with Crippen molar-refractivity contribution < 1.29 is 4.79 Å². The Bertz CT molecular complexity index is 1290. The first-order valence-electron chi connectivity index (χ1n) is 10.9. The normalized spacial score (nSPS) is 14.2. The van der Waals surface area contributed by atoms with Crippen molar-refractivity contribution in [2.75, 3.05) is 36.0 Å². The molecule has 3 heterocycles. The van der Waals surface area contributed by atoms with Crippen LogP contribution in [-0.2, 0) is 0 Å². The third kappa shape index (κ3) is 3.60. The van der Waals surface area contributed by atoms with Gasteiger partial charge in [-0.3, -0.25) is 4.79 Å². The number of piperazine rings is 1. The summed E-state index contributed by atoms with van der Waals surface area (Å²) in [5.41, 5.74) is 3.89. The van der Waals surface area contributed by atoms with Crippen LogP contribution < -0.4 is 9.80 Å². The summed E-state index contributed by atoms with van der Waals surface area (Å²) in [6.07, 6.45) is 0. The van der Waals surface area contributed by atoms with Crippen LogP contribution in [0.4, 0.5) is 11.5 Å². The number of nitrogens with zero attached hydrogens (tertiary/aromatic N) is 6. The molecule has 5 rings (SSSR count). The highest BCUT2D eigenvalue weighted by Crippen LogP contribution is 2.29. The molecule has 0 radical (unpaired) electrons. The molecule has 0 spiro atoms. The predicted octanol–water partition coefficient (Wildman–Crippen LogP) is 3.96. The third-order valence-electron chi connectivity index (χ3n) is 6.08. The first-order valence-corrected chi connectivity index (χ1v) is 10.9. The molecule has 0 aliphatic carbocycles. The van der Waals surface area contributed by atoms with Gasteiger partial charge in [-0.05, 0) is 51.1 Å². The maximum atomic E-state index is 11.5. The van der Waals surface area contributed by atoms with Gasteiger partial charge < -0.3 is 9.80 Å². The van der Waals surface area contributed by atoms with Gasteiger partial charge in [-0.1, -0.05) is 24.3 Å². The molecular formula is C25H26N6O. The highest BCUT2D eigenvalue weighted by Gasteiger charge is 2.22. The number of fused-ring (bicyclic) bond motifs is 1. The summed E-state index contributed by atoms with van der Waals surface area (Å²) in [4.78, 5) is 16.2. The molecule has 1 fully saturated rings. The van der Waals surface area contributed by atoms with Crippen LogP contribution >= 0.6 is 0 Å². The Hall–Kier alpha value is -3.74. The molecule has 1 aliphatic heterocycles. The smallest absolute Gasteiger partial charge is 0.183 e. The predicted molar refractivity (Wildman–Crippen MR) is 127 cm³/mol. The van der Waals surface area contributed by atoms with Gasteiger partial charge >= 0.3 is 0 Å². The van der Waals surface area contributed by atoms with Gasteiger partial charge in [0.25, 0.3) is 0 Å². The van der Waals surface area contributed by atoms with Crippen LogP contribution in [0.2, 0.25) is 0 Å².